The van der Waals surface area contributed by atoms with Gasteiger partial charge in [0.25, 0.3) is 0 Å². The highest BCUT2D eigenvalue weighted by Crippen LogP contribution is 2.45. The molecule has 1 aliphatic carbocycles. The Bertz CT molecular complexity index is 201. The predicted molar refractivity (Wildman–Crippen MR) is 66.9 cm³/mol. The minimum Gasteiger partial charge on any atom is -0.330 e. The van der Waals surface area contributed by atoms with Crippen LogP contribution in [0.15, 0.2) is 0 Å². The Balaban J connectivity index is 2.60. The monoisotopic (exact) mass is 212 g/mol. The van der Waals surface area contributed by atoms with Crippen molar-refractivity contribution in [3.8, 4) is 0 Å². The Morgan fingerprint density at radius 3 is 2.47 bits per heavy atom. The molecule has 2 heteroatoms. The van der Waals surface area contributed by atoms with Gasteiger partial charge < -0.3 is 11.1 Å². The molecule has 0 amide bonds. The van der Waals surface area contributed by atoms with Crippen LogP contribution in [0.5, 0.6) is 0 Å². The molecule has 0 spiro atoms. The molecule has 2 nitrogen and oxygen atoms in total. The standard InChI is InChI=1S/C13H28N2/c1-5-6-15-11-7-12(2,3)9-13(4,8-11)10-14/h11,15H,5-10,14H2,1-4H3. The molecule has 1 fully saturated rings. The first-order chi connectivity index (χ1) is 6.91. The summed E-state index contributed by atoms with van der Waals surface area (Å²) in [5, 5.41) is 3.66. The summed E-state index contributed by atoms with van der Waals surface area (Å²) in [7, 11) is 0. The largest absolute Gasteiger partial charge is 0.330 e. The summed E-state index contributed by atoms with van der Waals surface area (Å²) < 4.78 is 0. The number of rotatable bonds is 4. The molecule has 2 atom stereocenters. The van der Waals surface area contributed by atoms with E-state index in [4.69, 9.17) is 5.73 Å². The molecule has 1 saturated carbocycles. The first-order valence-corrected chi connectivity index (χ1v) is 6.34. The van der Waals surface area contributed by atoms with Crippen LogP contribution in [0.1, 0.15) is 53.4 Å². The van der Waals surface area contributed by atoms with E-state index in [-0.39, 0.29) is 0 Å². The molecule has 0 aromatic rings. The van der Waals surface area contributed by atoms with Crippen LogP contribution in [-0.2, 0) is 0 Å². The Hall–Kier alpha value is -0.0800. The summed E-state index contributed by atoms with van der Waals surface area (Å²) in [6.45, 7) is 11.3. The zero-order valence-electron chi connectivity index (χ0n) is 10.9. The van der Waals surface area contributed by atoms with Crippen LogP contribution in [0, 0.1) is 10.8 Å². The lowest BCUT2D eigenvalue weighted by Gasteiger charge is -2.46. The first-order valence-electron chi connectivity index (χ1n) is 6.34. The van der Waals surface area contributed by atoms with Crippen LogP contribution < -0.4 is 11.1 Å². The van der Waals surface area contributed by atoms with Crippen LogP contribution in [0.2, 0.25) is 0 Å². The minimum absolute atomic E-state index is 0.340. The van der Waals surface area contributed by atoms with Crippen LogP contribution in [0.4, 0.5) is 0 Å². The van der Waals surface area contributed by atoms with Crippen LogP contribution in [0.25, 0.3) is 0 Å². The second-order valence-corrected chi connectivity index (χ2v) is 6.42. The first kappa shape index (κ1) is 13.0. The highest BCUT2D eigenvalue weighted by Gasteiger charge is 2.39. The topological polar surface area (TPSA) is 38.0 Å². The number of nitrogens with two attached hydrogens (primary N) is 1. The van der Waals surface area contributed by atoms with E-state index >= 15 is 0 Å². The lowest BCUT2D eigenvalue weighted by atomic mass is 9.62. The number of nitrogens with one attached hydrogen (secondary N) is 1. The van der Waals surface area contributed by atoms with Crippen LogP contribution >= 0.6 is 0 Å². The molecule has 0 radical (unpaired) electrons. The van der Waals surface area contributed by atoms with Gasteiger partial charge in [0.1, 0.15) is 0 Å². The van der Waals surface area contributed by atoms with E-state index in [0.717, 1.165) is 13.1 Å². The second-order valence-electron chi connectivity index (χ2n) is 6.42. The molecular formula is C13H28N2. The molecular weight excluding hydrogens is 184 g/mol. The highest BCUT2D eigenvalue weighted by molar-refractivity contribution is 4.94. The van der Waals surface area contributed by atoms with Gasteiger partial charge in [0.2, 0.25) is 0 Å². The van der Waals surface area contributed by atoms with Crippen molar-refractivity contribution in [2.75, 3.05) is 13.1 Å². The van der Waals surface area contributed by atoms with Crippen molar-refractivity contribution in [1.82, 2.24) is 5.32 Å². The van der Waals surface area contributed by atoms with Gasteiger partial charge in [0, 0.05) is 6.04 Å². The normalized spacial score (nSPS) is 35.4. The lowest BCUT2D eigenvalue weighted by molar-refractivity contribution is 0.0774. The van der Waals surface area contributed by atoms with E-state index in [1.807, 2.05) is 0 Å². The number of hydrogen-bond donors (Lipinski definition) is 2. The van der Waals surface area contributed by atoms with Crippen molar-refractivity contribution in [2.45, 2.75) is 59.4 Å². The third-order valence-corrected chi connectivity index (χ3v) is 3.62. The molecule has 90 valence electrons. The van der Waals surface area contributed by atoms with Gasteiger partial charge in [-0.1, -0.05) is 27.7 Å². The fraction of sp³-hybridized carbons (Fsp3) is 1.00. The number of hydrogen-bond acceptors (Lipinski definition) is 2. The van der Waals surface area contributed by atoms with Gasteiger partial charge in [0.15, 0.2) is 0 Å². The molecule has 3 N–H and O–H groups in total. The fourth-order valence-corrected chi connectivity index (χ4v) is 3.28. The van der Waals surface area contributed by atoms with Gasteiger partial charge in [-0.05, 0) is 49.6 Å². The zero-order valence-corrected chi connectivity index (χ0v) is 10.9. The molecule has 0 aliphatic heterocycles. The Morgan fingerprint density at radius 2 is 1.93 bits per heavy atom. The summed E-state index contributed by atoms with van der Waals surface area (Å²) >= 11 is 0. The predicted octanol–water partition coefficient (Wildman–Crippen LogP) is 2.53. The average molecular weight is 212 g/mol. The van der Waals surface area contributed by atoms with Gasteiger partial charge >= 0.3 is 0 Å². The van der Waals surface area contributed by atoms with Gasteiger partial charge in [-0.25, -0.2) is 0 Å². The van der Waals surface area contributed by atoms with Crippen molar-refractivity contribution < 1.29 is 0 Å². The molecule has 2 unspecified atom stereocenters. The molecule has 0 aromatic heterocycles. The van der Waals surface area contributed by atoms with Crippen LogP contribution in [-0.4, -0.2) is 19.1 Å². The smallest absolute Gasteiger partial charge is 0.00778 e. The van der Waals surface area contributed by atoms with Crippen molar-refractivity contribution in [3.05, 3.63) is 0 Å². The van der Waals surface area contributed by atoms with E-state index in [0.29, 0.717) is 16.9 Å². The molecule has 15 heavy (non-hydrogen) atoms. The Morgan fingerprint density at radius 1 is 1.27 bits per heavy atom. The maximum Gasteiger partial charge on any atom is 0.00778 e. The van der Waals surface area contributed by atoms with Gasteiger partial charge in [-0.3, -0.25) is 0 Å². The van der Waals surface area contributed by atoms with Crippen LogP contribution in [0.3, 0.4) is 0 Å². The zero-order chi connectivity index (χ0) is 11.5. The van der Waals surface area contributed by atoms with Gasteiger partial charge in [-0.2, -0.15) is 0 Å². The summed E-state index contributed by atoms with van der Waals surface area (Å²) in [5.74, 6) is 0. The maximum atomic E-state index is 5.92. The highest BCUT2D eigenvalue weighted by atomic mass is 14.9. The van der Waals surface area contributed by atoms with E-state index in [2.05, 4.69) is 33.0 Å². The van der Waals surface area contributed by atoms with E-state index < -0.39 is 0 Å². The van der Waals surface area contributed by atoms with Crippen molar-refractivity contribution in [1.29, 1.82) is 0 Å². The Labute approximate surface area is 95.0 Å². The van der Waals surface area contributed by atoms with E-state index in [9.17, 15) is 0 Å². The molecule has 1 aliphatic rings. The maximum absolute atomic E-state index is 5.92. The van der Waals surface area contributed by atoms with E-state index in [1.54, 1.807) is 0 Å². The molecule has 0 bridgehead atoms. The lowest BCUT2D eigenvalue weighted by Crippen LogP contribution is -2.47. The summed E-state index contributed by atoms with van der Waals surface area (Å²) in [6, 6.07) is 0.669. The third kappa shape index (κ3) is 3.76. The van der Waals surface area contributed by atoms with Gasteiger partial charge in [-0.15, -0.1) is 0 Å². The quantitative estimate of drug-likeness (QED) is 0.751. The van der Waals surface area contributed by atoms with Crippen molar-refractivity contribution >= 4 is 0 Å². The average Bonchev–Trinajstić information content (AvgIpc) is 2.12. The molecule has 0 aromatic carbocycles. The molecule has 0 saturated heterocycles. The van der Waals surface area contributed by atoms with Crippen molar-refractivity contribution in [2.24, 2.45) is 16.6 Å². The minimum atomic E-state index is 0.340. The van der Waals surface area contributed by atoms with Crippen molar-refractivity contribution in [3.63, 3.8) is 0 Å². The molecule has 0 heterocycles. The summed E-state index contributed by atoms with van der Waals surface area (Å²) in [6.07, 6.45) is 5.02. The fourth-order valence-electron chi connectivity index (χ4n) is 3.28. The van der Waals surface area contributed by atoms with Gasteiger partial charge in [0.05, 0.1) is 0 Å². The SMILES string of the molecule is CCCNC1CC(C)(C)CC(C)(CN)C1. The summed E-state index contributed by atoms with van der Waals surface area (Å²) in [5.41, 5.74) is 6.70. The molecule has 1 rings (SSSR count). The van der Waals surface area contributed by atoms with E-state index in [1.165, 1.54) is 25.7 Å². The second kappa shape index (κ2) is 4.84. The summed E-state index contributed by atoms with van der Waals surface area (Å²) in [4.78, 5) is 0. The third-order valence-electron chi connectivity index (χ3n) is 3.62. The Kier molecular flexibility index (Phi) is 4.19.